The Hall–Kier alpha value is -4.32. The normalized spacial score (nSPS) is 21.2. The summed E-state index contributed by atoms with van der Waals surface area (Å²) >= 11 is 0. The highest BCUT2D eigenvalue weighted by Crippen LogP contribution is 2.53. The van der Waals surface area contributed by atoms with E-state index in [1.165, 1.54) is 30.2 Å². The number of nitro groups is 2. The molecule has 2 N–H and O–H groups in total. The second-order valence-electron chi connectivity index (χ2n) is 10.0. The first kappa shape index (κ1) is 26.3. The number of methoxy groups -OCH3 is 1. The number of ether oxygens (including phenoxy) is 1. The number of carbonyl (C=O) groups is 1. The summed E-state index contributed by atoms with van der Waals surface area (Å²) in [6, 6.07) is 11.5. The Bertz CT molecular complexity index is 1480. The molecule has 2 atom stereocenters. The lowest BCUT2D eigenvalue weighted by Crippen LogP contribution is -2.53. The van der Waals surface area contributed by atoms with Gasteiger partial charge in [0.25, 0.3) is 5.69 Å². The molecule has 1 fully saturated rings. The highest BCUT2D eigenvalue weighted by atomic mass is 16.6. The standard InChI is InChI=1S/C27H30N6O6/c1-3-27(12-6-13-31-14-11-19-18-7-4-5-8-20(18)28-25(19)26(27)31)23(16-24(34)39-2)30-29-21-10-9-17(32(35)36)15-22(21)33(37)38/h4-5,7-10,15,26,28-29H,3,6,11-14,16H2,1-2H3. The van der Waals surface area contributed by atoms with Crippen LogP contribution in [0.15, 0.2) is 47.6 Å². The van der Waals surface area contributed by atoms with Crippen LogP contribution >= 0.6 is 0 Å². The fraction of sp³-hybridized carbons (Fsp3) is 0.407. The summed E-state index contributed by atoms with van der Waals surface area (Å²) < 4.78 is 5.02. The molecule has 2 unspecified atom stereocenters. The van der Waals surface area contributed by atoms with E-state index in [-0.39, 0.29) is 18.2 Å². The molecule has 0 amide bonds. The third kappa shape index (κ3) is 4.60. The molecule has 0 aliphatic carbocycles. The number of carbonyl (C=O) groups excluding carboxylic acids is 1. The third-order valence-electron chi connectivity index (χ3n) is 8.17. The fourth-order valence-corrected chi connectivity index (χ4v) is 6.31. The van der Waals surface area contributed by atoms with E-state index in [4.69, 9.17) is 4.74 Å². The summed E-state index contributed by atoms with van der Waals surface area (Å²) in [6.45, 7) is 3.85. The molecule has 5 rings (SSSR count). The van der Waals surface area contributed by atoms with Crippen molar-refractivity contribution in [1.82, 2.24) is 9.88 Å². The van der Waals surface area contributed by atoms with Gasteiger partial charge >= 0.3 is 11.7 Å². The zero-order valence-electron chi connectivity index (χ0n) is 21.8. The van der Waals surface area contributed by atoms with Gasteiger partial charge < -0.3 is 9.72 Å². The molecule has 12 nitrogen and oxygen atoms in total. The predicted molar refractivity (Wildman–Crippen MR) is 146 cm³/mol. The molecule has 1 aromatic heterocycles. The molecule has 0 saturated carbocycles. The number of rotatable bonds is 8. The van der Waals surface area contributed by atoms with E-state index in [1.54, 1.807) is 0 Å². The number of anilines is 1. The number of nitro benzene ring substituents is 2. The first-order valence-corrected chi connectivity index (χ1v) is 12.9. The number of aromatic amines is 1. The Balaban J connectivity index is 1.62. The number of hydrogen-bond donors (Lipinski definition) is 2. The van der Waals surface area contributed by atoms with Gasteiger partial charge in [0.15, 0.2) is 0 Å². The van der Waals surface area contributed by atoms with Crippen LogP contribution < -0.4 is 5.43 Å². The van der Waals surface area contributed by atoms with Gasteiger partial charge in [-0.1, -0.05) is 25.1 Å². The second kappa shape index (κ2) is 10.4. The first-order chi connectivity index (χ1) is 18.8. The zero-order valence-corrected chi connectivity index (χ0v) is 21.8. The maximum atomic E-state index is 12.6. The largest absolute Gasteiger partial charge is 0.469 e. The summed E-state index contributed by atoms with van der Waals surface area (Å²) in [5.41, 5.74) is 5.32. The molecule has 2 aromatic carbocycles. The smallest absolute Gasteiger partial charge is 0.311 e. The lowest BCUT2D eigenvalue weighted by atomic mass is 9.64. The Morgan fingerprint density at radius 3 is 2.72 bits per heavy atom. The predicted octanol–water partition coefficient (Wildman–Crippen LogP) is 5.10. The number of H-pyrrole nitrogens is 1. The van der Waals surface area contributed by atoms with Crippen LogP contribution in [0.2, 0.25) is 0 Å². The van der Waals surface area contributed by atoms with Crippen molar-refractivity contribution in [3.63, 3.8) is 0 Å². The van der Waals surface area contributed by atoms with Crippen molar-refractivity contribution < 1.29 is 19.4 Å². The quantitative estimate of drug-likeness (QED) is 0.175. The zero-order chi connectivity index (χ0) is 27.7. The van der Waals surface area contributed by atoms with Crippen LogP contribution in [0.4, 0.5) is 17.1 Å². The number of hydrazone groups is 1. The van der Waals surface area contributed by atoms with Crippen LogP contribution in [-0.2, 0) is 16.0 Å². The maximum Gasteiger partial charge on any atom is 0.311 e. The first-order valence-electron chi connectivity index (χ1n) is 12.9. The van der Waals surface area contributed by atoms with Crippen molar-refractivity contribution in [2.24, 2.45) is 10.5 Å². The van der Waals surface area contributed by atoms with Gasteiger partial charge in [-0.25, -0.2) is 0 Å². The minimum absolute atomic E-state index is 0.00169. The van der Waals surface area contributed by atoms with Crippen LogP contribution in [0.1, 0.15) is 49.9 Å². The van der Waals surface area contributed by atoms with Crippen LogP contribution in [0.5, 0.6) is 0 Å². The van der Waals surface area contributed by atoms with Gasteiger partial charge in [0.05, 0.1) is 41.2 Å². The van der Waals surface area contributed by atoms with Crippen LogP contribution in [0.25, 0.3) is 10.9 Å². The van der Waals surface area contributed by atoms with Gasteiger partial charge in [0.1, 0.15) is 5.69 Å². The molecule has 3 aromatic rings. The maximum absolute atomic E-state index is 12.6. The Morgan fingerprint density at radius 1 is 1.21 bits per heavy atom. The Kier molecular flexibility index (Phi) is 7.04. The van der Waals surface area contributed by atoms with Crippen molar-refractivity contribution in [1.29, 1.82) is 0 Å². The van der Waals surface area contributed by atoms with Crippen molar-refractivity contribution in [2.45, 2.75) is 45.1 Å². The van der Waals surface area contributed by atoms with E-state index >= 15 is 0 Å². The molecule has 0 bridgehead atoms. The number of esters is 1. The van der Waals surface area contributed by atoms with Gasteiger partial charge in [-0.3, -0.25) is 35.3 Å². The van der Waals surface area contributed by atoms with Gasteiger partial charge in [-0.05, 0) is 49.9 Å². The molecule has 1 saturated heterocycles. The molecule has 2 aliphatic rings. The second-order valence-corrected chi connectivity index (χ2v) is 10.0. The number of nitrogens with one attached hydrogen (secondary N) is 2. The number of nitrogens with zero attached hydrogens (tertiary/aromatic N) is 4. The Labute approximate surface area is 224 Å². The van der Waals surface area contributed by atoms with Crippen molar-refractivity contribution >= 4 is 39.6 Å². The van der Waals surface area contributed by atoms with E-state index in [1.807, 2.05) is 12.1 Å². The number of piperidine rings is 1. The molecule has 39 heavy (non-hydrogen) atoms. The summed E-state index contributed by atoms with van der Waals surface area (Å²) in [5.74, 6) is -0.466. The summed E-state index contributed by atoms with van der Waals surface area (Å²) in [4.78, 5) is 40.2. The summed E-state index contributed by atoms with van der Waals surface area (Å²) in [5, 5.41) is 28.7. The molecule has 2 aliphatic heterocycles. The van der Waals surface area contributed by atoms with Crippen molar-refractivity contribution in [3.8, 4) is 0 Å². The fourth-order valence-electron chi connectivity index (χ4n) is 6.31. The van der Waals surface area contributed by atoms with Gasteiger partial charge in [0, 0.05) is 34.6 Å². The lowest BCUT2D eigenvalue weighted by Gasteiger charge is -2.52. The van der Waals surface area contributed by atoms with E-state index in [9.17, 15) is 25.0 Å². The molecular formula is C27H30N6O6. The molecule has 0 spiro atoms. The molecule has 3 heterocycles. The van der Waals surface area contributed by atoms with Gasteiger partial charge in [-0.15, -0.1) is 0 Å². The van der Waals surface area contributed by atoms with Crippen molar-refractivity contribution in [3.05, 3.63) is 74.0 Å². The number of fused-ring (bicyclic) bond motifs is 5. The highest BCUT2D eigenvalue weighted by molar-refractivity contribution is 6.03. The van der Waals surface area contributed by atoms with Crippen LogP contribution in [0.3, 0.4) is 0 Å². The highest BCUT2D eigenvalue weighted by Gasteiger charge is 2.51. The SMILES string of the molecule is CCC1(C(CC(=O)OC)=NNc2ccc([N+](=O)[O-])cc2[N+](=O)[O-])CCCN2CCc3c([nH]c4ccccc34)C21. The monoisotopic (exact) mass is 534 g/mol. The van der Waals surface area contributed by atoms with E-state index in [0.717, 1.165) is 49.6 Å². The van der Waals surface area contributed by atoms with E-state index in [2.05, 4.69) is 39.5 Å². The van der Waals surface area contributed by atoms with Crippen molar-refractivity contribution in [2.75, 3.05) is 25.6 Å². The number of benzene rings is 2. The molecule has 0 radical (unpaired) electrons. The Morgan fingerprint density at radius 2 is 2.00 bits per heavy atom. The molecular weight excluding hydrogens is 504 g/mol. The number of non-ortho nitro benzene ring substituents is 1. The number of para-hydroxylation sites is 1. The van der Waals surface area contributed by atoms with E-state index < -0.39 is 32.6 Å². The number of hydrogen-bond acceptors (Lipinski definition) is 9. The van der Waals surface area contributed by atoms with Crippen LogP contribution in [-0.4, -0.2) is 51.6 Å². The molecule has 12 heteroatoms. The molecule has 204 valence electrons. The van der Waals surface area contributed by atoms with Gasteiger partial charge in [0.2, 0.25) is 0 Å². The average Bonchev–Trinajstić information content (AvgIpc) is 3.33. The number of aromatic nitrogens is 1. The van der Waals surface area contributed by atoms with E-state index in [0.29, 0.717) is 12.1 Å². The minimum atomic E-state index is -0.694. The van der Waals surface area contributed by atoms with Crippen LogP contribution in [0, 0.1) is 25.6 Å². The summed E-state index contributed by atoms with van der Waals surface area (Å²) in [6.07, 6.45) is 3.14. The average molecular weight is 535 g/mol. The lowest BCUT2D eigenvalue weighted by molar-refractivity contribution is -0.393. The minimum Gasteiger partial charge on any atom is -0.469 e. The third-order valence-corrected chi connectivity index (χ3v) is 8.17. The van der Waals surface area contributed by atoms with Gasteiger partial charge in [-0.2, -0.15) is 5.10 Å². The summed E-state index contributed by atoms with van der Waals surface area (Å²) in [7, 11) is 1.32. The topological polar surface area (TPSA) is 156 Å².